The van der Waals surface area contributed by atoms with Crippen LogP contribution in [0.15, 0.2) is 34.9 Å². The molecule has 0 fully saturated rings. The lowest BCUT2D eigenvalue weighted by Crippen LogP contribution is -2.04. The largest absolute Gasteiger partial charge is 0.439 e. The molecule has 0 saturated heterocycles. The minimum atomic E-state index is -0.273. The van der Waals surface area contributed by atoms with Gasteiger partial charge in [-0.2, -0.15) is 0 Å². The highest BCUT2D eigenvalue weighted by molar-refractivity contribution is 5.55. The van der Waals surface area contributed by atoms with Crippen LogP contribution in [-0.4, -0.2) is 4.98 Å². The topological polar surface area (TPSA) is 52.0 Å². The second kappa shape index (κ2) is 3.82. The molecule has 0 aliphatic rings. The van der Waals surface area contributed by atoms with Crippen LogP contribution < -0.4 is 5.73 Å². The van der Waals surface area contributed by atoms with Crippen LogP contribution in [0.4, 0.5) is 4.39 Å². The van der Waals surface area contributed by atoms with E-state index in [0.717, 1.165) is 5.56 Å². The van der Waals surface area contributed by atoms with Gasteiger partial charge in [0.1, 0.15) is 5.82 Å². The lowest BCUT2D eigenvalue weighted by molar-refractivity contribution is 0.473. The third-order valence-corrected chi connectivity index (χ3v) is 2.04. The summed E-state index contributed by atoms with van der Waals surface area (Å²) in [5.41, 5.74) is 6.40. The van der Waals surface area contributed by atoms with E-state index in [4.69, 9.17) is 10.2 Å². The van der Waals surface area contributed by atoms with E-state index in [2.05, 4.69) is 4.98 Å². The van der Waals surface area contributed by atoms with E-state index in [0.29, 0.717) is 11.7 Å². The van der Waals surface area contributed by atoms with Crippen LogP contribution in [0.2, 0.25) is 0 Å². The molecular weight excluding hydrogens is 195 g/mol. The van der Waals surface area contributed by atoms with Crippen LogP contribution in [0.3, 0.4) is 0 Å². The molecule has 78 valence electrons. The lowest BCUT2D eigenvalue weighted by Gasteiger charge is -1.98. The summed E-state index contributed by atoms with van der Waals surface area (Å²) in [5.74, 6) is 0.808. The fraction of sp³-hybridized carbons (Fsp3) is 0.182. The van der Waals surface area contributed by atoms with Gasteiger partial charge in [0.2, 0.25) is 5.89 Å². The molecule has 15 heavy (non-hydrogen) atoms. The van der Waals surface area contributed by atoms with Gasteiger partial charge in [-0.3, -0.25) is 0 Å². The maximum atomic E-state index is 12.7. The summed E-state index contributed by atoms with van der Waals surface area (Å²) in [5, 5.41) is 0. The van der Waals surface area contributed by atoms with Crippen molar-refractivity contribution in [3.05, 3.63) is 42.2 Å². The molecule has 0 radical (unpaired) electrons. The van der Waals surface area contributed by atoms with Gasteiger partial charge in [0.05, 0.1) is 12.2 Å². The number of oxazole rings is 1. The highest BCUT2D eigenvalue weighted by Crippen LogP contribution is 2.22. The molecule has 0 saturated carbocycles. The van der Waals surface area contributed by atoms with Crippen molar-refractivity contribution in [2.24, 2.45) is 5.73 Å². The van der Waals surface area contributed by atoms with Crippen LogP contribution >= 0.6 is 0 Å². The number of nitrogens with zero attached hydrogens (tertiary/aromatic N) is 1. The molecule has 0 spiro atoms. The zero-order chi connectivity index (χ0) is 10.8. The number of halogens is 1. The third kappa shape index (κ3) is 2.05. The summed E-state index contributed by atoms with van der Waals surface area (Å²) < 4.78 is 18.1. The summed E-state index contributed by atoms with van der Waals surface area (Å²) >= 11 is 0. The van der Waals surface area contributed by atoms with Crippen molar-refractivity contribution in [3.8, 4) is 11.3 Å². The van der Waals surface area contributed by atoms with E-state index < -0.39 is 0 Å². The average Bonchev–Trinajstić information content (AvgIpc) is 2.68. The molecule has 2 N–H and O–H groups in total. The van der Waals surface area contributed by atoms with Crippen molar-refractivity contribution in [3.63, 3.8) is 0 Å². The smallest absolute Gasteiger partial charge is 0.211 e. The van der Waals surface area contributed by atoms with E-state index in [1.54, 1.807) is 25.3 Å². The number of hydrogen-bond acceptors (Lipinski definition) is 3. The first kappa shape index (κ1) is 9.86. The molecular formula is C11H11FN2O. The Kier molecular flexibility index (Phi) is 2.51. The Morgan fingerprint density at radius 3 is 2.53 bits per heavy atom. The lowest BCUT2D eigenvalue weighted by atomic mass is 10.2. The molecule has 4 heteroatoms. The maximum absolute atomic E-state index is 12.7. The zero-order valence-corrected chi connectivity index (χ0v) is 8.27. The van der Waals surface area contributed by atoms with Gasteiger partial charge in [0.15, 0.2) is 5.76 Å². The first-order chi connectivity index (χ1) is 7.16. The molecule has 0 bridgehead atoms. The Bertz CT molecular complexity index is 448. The fourth-order valence-electron chi connectivity index (χ4n) is 1.25. The van der Waals surface area contributed by atoms with E-state index in [1.807, 2.05) is 0 Å². The average molecular weight is 206 g/mol. The first-order valence-electron chi connectivity index (χ1n) is 4.64. The van der Waals surface area contributed by atoms with Gasteiger partial charge < -0.3 is 10.2 Å². The van der Waals surface area contributed by atoms with Gasteiger partial charge in [0.25, 0.3) is 0 Å². The maximum Gasteiger partial charge on any atom is 0.211 e. The summed E-state index contributed by atoms with van der Waals surface area (Å²) in [4.78, 5) is 4.03. The zero-order valence-electron chi connectivity index (χ0n) is 8.27. The van der Waals surface area contributed by atoms with Crippen LogP contribution in [0.25, 0.3) is 11.3 Å². The highest BCUT2D eigenvalue weighted by Gasteiger charge is 2.09. The minimum absolute atomic E-state index is 0.237. The molecule has 1 atom stereocenters. The van der Waals surface area contributed by atoms with E-state index in [1.165, 1.54) is 12.1 Å². The molecule has 1 aromatic carbocycles. The van der Waals surface area contributed by atoms with Crippen molar-refractivity contribution in [2.45, 2.75) is 13.0 Å². The van der Waals surface area contributed by atoms with Crippen molar-refractivity contribution in [1.29, 1.82) is 0 Å². The molecule has 0 aliphatic carbocycles. The summed E-state index contributed by atoms with van der Waals surface area (Å²) in [6.45, 7) is 1.79. The van der Waals surface area contributed by atoms with Crippen molar-refractivity contribution in [1.82, 2.24) is 4.98 Å². The minimum Gasteiger partial charge on any atom is -0.439 e. The molecule has 3 nitrogen and oxygen atoms in total. The normalized spacial score (nSPS) is 12.7. The van der Waals surface area contributed by atoms with Gasteiger partial charge in [-0.1, -0.05) is 0 Å². The van der Waals surface area contributed by atoms with Gasteiger partial charge >= 0.3 is 0 Å². The van der Waals surface area contributed by atoms with Crippen molar-refractivity contribution in [2.75, 3.05) is 0 Å². The quantitative estimate of drug-likeness (QED) is 0.821. The predicted octanol–water partition coefficient (Wildman–Crippen LogP) is 2.50. The monoisotopic (exact) mass is 206 g/mol. The molecule has 2 rings (SSSR count). The Morgan fingerprint density at radius 2 is 2.00 bits per heavy atom. The fourth-order valence-corrected chi connectivity index (χ4v) is 1.25. The molecule has 0 aliphatic heterocycles. The second-order valence-corrected chi connectivity index (χ2v) is 3.36. The Balaban J connectivity index is 2.33. The summed E-state index contributed by atoms with van der Waals surface area (Å²) in [7, 11) is 0. The summed E-state index contributed by atoms with van der Waals surface area (Å²) in [6.07, 6.45) is 1.59. The van der Waals surface area contributed by atoms with Crippen LogP contribution in [0.5, 0.6) is 0 Å². The van der Waals surface area contributed by atoms with Crippen molar-refractivity contribution >= 4 is 0 Å². The van der Waals surface area contributed by atoms with E-state index >= 15 is 0 Å². The van der Waals surface area contributed by atoms with Crippen LogP contribution in [-0.2, 0) is 0 Å². The SMILES string of the molecule is C[C@H](N)c1ncc(-c2ccc(F)cc2)o1. The first-order valence-corrected chi connectivity index (χ1v) is 4.64. The van der Waals surface area contributed by atoms with Crippen LogP contribution in [0.1, 0.15) is 18.9 Å². The number of benzene rings is 1. The Labute approximate surface area is 86.7 Å². The van der Waals surface area contributed by atoms with Gasteiger partial charge in [0, 0.05) is 5.56 Å². The Hall–Kier alpha value is -1.68. The third-order valence-electron chi connectivity index (χ3n) is 2.04. The van der Waals surface area contributed by atoms with Gasteiger partial charge in [-0.25, -0.2) is 9.37 Å². The van der Waals surface area contributed by atoms with E-state index in [9.17, 15) is 4.39 Å². The number of hydrogen-bond donors (Lipinski definition) is 1. The highest BCUT2D eigenvalue weighted by atomic mass is 19.1. The second-order valence-electron chi connectivity index (χ2n) is 3.36. The summed E-state index contributed by atoms with van der Waals surface area (Å²) in [6, 6.07) is 5.80. The molecule has 0 unspecified atom stereocenters. The molecule has 1 aromatic heterocycles. The number of aromatic nitrogens is 1. The molecule has 0 amide bonds. The van der Waals surface area contributed by atoms with Crippen molar-refractivity contribution < 1.29 is 8.81 Å². The number of rotatable bonds is 2. The van der Waals surface area contributed by atoms with Gasteiger partial charge in [-0.15, -0.1) is 0 Å². The standard InChI is InChI=1S/C11H11FN2O/c1-7(13)11-14-6-10(15-11)8-2-4-9(12)5-3-8/h2-7H,13H2,1H3/t7-/m0/s1. The van der Waals surface area contributed by atoms with Gasteiger partial charge in [-0.05, 0) is 31.2 Å². The van der Waals surface area contributed by atoms with Crippen LogP contribution in [0, 0.1) is 5.82 Å². The molecule has 2 aromatic rings. The van der Waals surface area contributed by atoms with E-state index in [-0.39, 0.29) is 11.9 Å². The molecule has 1 heterocycles. The Morgan fingerprint density at radius 1 is 1.33 bits per heavy atom. The number of nitrogens with two attached hydrogens (primary N) is 1. The predicted molar refractivity (Wildman–Crippen MR) is 54.5 cm³/mol.